The molecule has 0 aliphatic carbocycles. The molecule has 1 saturated heterocycles. The minimum absolute atomic E-state index is 0.0747. The second kappa shape index (κ2) is 10.4. The van der Waals surface area contributed by atoms with Crippen LogP contribution in [0.4, 0.5) is 24.5 Å². The van der Waals surface area contributed by atoms with E-state index in [1.807, 2.05) is 24.0 Å². The van der Waals surface area contributed by atoms with E-state index in [4.69, 9.17) is 14.2 Å². The summed E-state index contributed by atoms with van der Waals surface area (Å²) in [5, 5.41) is 2.56. The molecular formula is C23H25F3N2O4. The number of rotatable bonds is 7. The summed E-state index contributed by atoms with van der Waals surface area (Å²) in [5.41, 5.74) is 0.640. The van der Waals surface area contributed by atoms with Crippen molar-refractivity contribution in [2.75, 3.05) is 50.2 Å². The lowest BCUT2D eigenvalue weighted by molar-refractivity contribution is -0.137. The standard InChI is InChI=1S/C23H25F3N2O4/c1-3-4-16-5-8-20(21(13-16)30-2)32-15-22(29)27-18-14-17(23(24,25)26)6-7-19(18)28-9-11-31-12-10-28/h3-8,13-14H,9-12,15H2,1-2H3,(H,27,29)/b4-3-. The zero-order valence-electron chi connectivity index (χ0n) is 17.9. The topological polar surface area (TPSA) is 60.0 Å². The highest BCUT2D eigenvalue weighted by atomic mass is 19.4. The maximum atomic E-state index is 13.2. The van der Waals surface area contributed by atoms with E-state index < -0.39 is 24.3 Å². The molecule has 1 N–H and O–H groups in total. The first kappa shape index (κ1) is 23.5. The lowest BCUT2D eigenvalue weighted by atomic mass is 10.1. The van der Waals surface area contributed by atoms with Gasteiger partial charge in [-0.1, -0.05) is 18.2 Å². The highest BCUT2D eigenvalue weighted by Crippen LogP contribution is 2.36. The van der Waals surface area contributed by atoms with Gasteiger partial charge in [-0.05, 0) is 42.8 Å². The Morgan fingerprint density at radius 3 is 2.56 bits per heavy atom. The van der Waals surface area contributed by atoms with E-state index in [0.29, 0.717) is 43.5 Å². The molecule has 2 aromatic rings. The number of morpholine rings is 1. The molecule has 32 heavy (non-hydrogen) atoms. The van der Waals surface area contributed by atoms with Gasteiger partial charge >= 0.3 is 6.18 Å². The molecule has 1 aliphatic rings. The smallest absolute Gasteiger partial charge is 0.416 e. The Hall–Kier alpha value is -3.20. The van der Waals surface area contributed by atoms with Crippen molar-refractivity contribution in [1.82, 2.24) is 0 Å². The molecule has 0 spiro atoms. The van der Waals surface area contributed by atoms with E-state index in [1.165, 1.54) is 13.2 Å². The number of ether oxygens (including phenoxy) is 3. The molecule has 3 rings (SSSR count). The van der Waals surface area contributed by atoms with Gasteiger partial charge in [0.2, 0.25) is 0 Å². The van der Waals surface area contributed by atoms with E-state index in [-0.39, 0.29) is 5.69 Å². The average molecular weight is 450 g/mol. The van der Waals surface area contributed by atoms with Crippen molar-refractivity contribution in [2.24, 2.45) is 0 Å². The molecule has 0 atom stereocenters. The second-order valence-electron chi connectivity index (χ2n) is 7.08. The van der Waals surface area contributed by atoms with Gasteiger partial charge in [0, 0.05) is 13.1 Å². The number of benzene rings is 2. The molecule has 0 radical (unpaired) electrons. The number of hydrogen-bond acceptors (Lipinski definition) is 5. The van der Waals surface area contributed by atoms with Crippen LogP contribution in [0.1, 0.15) is 18.1 Å². The number of methoxy groups -OCH3 is 1. The Morgan fingerprint density at radius 2 is 1.91 bits per heavy atom. The lowest BCUT2D eigenvalue weighted by Gasteiger charge is -2.31. The van der Waals surface area contributed by atoms with Gasteiger partial charge in [-0.3, -0.25) is 4.79 Å². The molecule has 2 aromatic carbocycles. The predicted molar refractivity (Wildman–Crippen MR) is 116 cm³/mol. The minimum atomic E-state index is -4.53. The molecule has 0 bridgehead atoms. The number of nitrogens with zero attached hydrogens (tertiary/aromatic N) is 1. The predicted octanol–water partition coefficient (Wildman–Crippen LogP) is 4.60. The van der Waals surface area contributed by atoms with Crippen molar-refractivity contribution in [3.63, 3.8) is 0 Å². The molecule has 1 fully saturated rings. The maximum Gasteiger partial charge on any atom is 0.416 e. The Bertz CT molecular complexity index is 970. The highest BCUT2D eigenvalue weighted by Gasteiger charge is 2.32. The number of nitrogens with one attached hydrogen (secondary N) is 1. The van der Waals surface area contributed by atoms with Crippen LogP contribution in [0, 0.1) is 0 Å². The van der Waals surface area contributed by atoms with E-state index in [0.717, 1.165) is 17.7 Å². The quantitative estimate of drug-likeness (QED) is 0.668. The van der Waals surface area contributed by atoms with Gasteiger partial charge in [0.15, 0.2) is 18.1 Å². The van der Waals surface area contributed by atoms with Crippen LogP contribution in [-0.2, 0) is 15.7 Å². The monoisotopic (exact) mass is 450 g/mol. The van der Waals surface area contributed by atoms with Gasteiger partial charge in [0.1, 0.15) is 0 Å². The third kappa shape index (κ3) is 5.94. The van der Waals surface area contributed by atoms with Gasteiger partial charge in [-0.15, -0.1) is 0 Å². The number of allylic oxidation sites excluding steroid dienone is 1. The molecule has 0 unspecified atom stereocenters. The minimum Gasteiger partial charge on any atom is -0.493 e. The Labute approximate surface area is 184 Å². The summed E-state index contributed by atoms with van der Waals surface area (Å²) < 4.78 is 55.9. The number of amides is 1. The van der Waals surface area contributed by atoms with Crippen molar-refractivity contribution in [1.29, 1.82) is 0 Å². The molecular weight excluding hydrogens is 425 g/mol. The number of alkyl halides is 3. The first-order chi connectivity index (χ1) is 15.3. The fourth-order valence-corrected chi connectivity index (χ4v) is 3.32. The lowest BCUT2D eigenvalue weighted by Crippen LogP contribution is -2.37. The molecule has 6 nitrogen and oxygen atoms in total. The molecule has 1 heterocycles. The van der Waals surface area contributed by atoms with Gasteiger partial charge in [0.05, 0.1) is 37.3 Å². The summed E-state index contributed by atoms with van der Waals surface area (Å²) >= 11 is 0. The number of carbonyl (C=O) groups excluding carboxylic acids is 1. The Morgan fingerprint density at radius 1 is 1.16 bits per heavy atom. The van der Waals surface area contributed by atoms with E-state index in [9.17, 15) is 18.0 Å². The molecule has 0 saturated carbocycles. The van der Waals surface area contributed by atoms with Gasteiger partial charge < -0.3 is 24.4 Å². The fourth-order valence-electron chi connectivity index (χ4n) is 3.32. The Balaban J connectivity index is 1.76. The third-order valence-electron chi connectivity index (χ3n) is 4.86. The number of anilines is 2. The van der Waals surface area contributed by atoms with Crippen LogP contribution < -0.4 is 19.7 Å². The summed E-state index contributed by atoms with van der Waals surface area (Å²) in [5.74, 6) is 0.216. The Kier molecular flexibility index (Phi) is 7.63. The molecule has 1 amide bonds. The average Bonchev–Trinajstić information content (AvgIpc) is 2.78. The first-order valence-electron chi connectivity index (χ1n) is 10.1. The fraction of sp³-hybridized carbons (Fsp3) is 0.348. The number of hydrogen-bond donors (Lipinski definition) is 1. The van der Waals surface area contributed by atoms with Crippen LogP contribution in [0.5, 0.6) is 11.5 Å². The summed E-state index contributed by atoms with van der Waals surface area (Å²) in [6.07, 6.45) is -0.759. The van der Waals surface area contributed by atoms with E-state index in [1.54, 1.807) is 18.2 Å². The highest BCUT2D eigenvalue weighted by molar-refractivity contribution is 5.95. The van der Waals surface area contributed by atoms with Crippen LogP contribution in [0.25, 0.3) is 6.08 Å². The van der Waals surface area contributed by atoms with Gasteiger partial charge in [-0.25, -0.2) is 0 Å². The summed E-state index contributed by atoms with van der Waals surface area (Å²) in [7, 11) is 1.49. The largest absolute Gasteiger partial charge is 0.493 e. The van der Waals surface area contributed by atoms with Crippen LogP contribution >= 0.6 is 0 Å². The van der Waals surface area contributed by atoms with Crippen molar-refractivity contribution >= 4 is 23.4 Å². The van der Waals surface area contributed by atoms with Gasteiger partial charge in [0.25, 0.3) is 5.91 Å². The van der Waals surface area contributed by atoms with Crippen LogP contribution in [-0.4, -0.2) is 45.9 Å². The van der Waals surface area contributed by atoms with Crippen LogP contribution in [0.3, 0.4) is 0 Å². The zero-order valence-corrected chi connectivity index (χ0v) is 17.9. The summed E-state index contributed by atoms with van der Waals surface area (Å²) in [6, 6.07) is 8.55. The van der Waals surface area contributed by atoms with E-state index in [2.05, 4.69) is 5.32 Å². The first-order valence-corrected chi connectivity index (χ1v) is 10.1. The molecule has 9 heteroatoms. The van der Waals surface area contributed by atoms with E-state index >= 15 is 0 Å². The van der Waals surface area contributed by atoms with Crippen molar-refractivity contribution < 1.29 is 32.2 Å². The number of halogens is 3. The second-order valence-corrected chi connectivity index (χ2v) is 7.08. The molecule has 0 aromatic heterocycles. The number of carbonyl (C=O) groups is 1. The summed E-state index contributed by atoms with van der Waals surface area (Å²) in [4.78, 5) is 14.4. The molecule has 172 valence electrons. The van der Waals surface area contributed by atoms with Crippen LogP contribution in [0.2, 0.25) is 0 Å². The zero-order chi connectivity index (χ0) is 23.1. The van der Waals surface area contributed by atoms with Crippen molar-refractivity contribution in [2.45, 2.75) is 13.1 Å². The van der Waals surface area contributed by atoms with Crippen LogP contribution in [0.15, 0.2) is 42.5 Å². The maximum absolute atomic E-state index is 13.2. The normalized spacial score (nSPS) is 14.5. The SMILES string of the molecule is C/C=C\c1ccc(OCC(=O)Nc2cc(C(F)(F)F)ccc2N2CCOCC2)c(OC)c1. The molecule has 1 aliphatic heterocycles. The third-order valence-corrected chi connectivity index (χ3v) is 4.86. The summed E-state index contributed by atoms with van der Waals surface area (Å²) in [6.45, 7) is 3.44. The van der Waals surface area contributed by atoms with Gasteiger partial charge in [-0.2, -0.15) is 13.2 Å². The van der Waals surface area contributed by atoms with Crippen molar-refractivity contribution in [3.8, 4) is 11.5 Å². The van der Waals surface area contributed by atoms with Crippen molar-refractivity contribution in [3.05, 3.63) is 53.6 Å².